The maximum atomic E-state index is 11.1. The van der Waals surface area contributed by atoms with Crippen LogP contribution >= 0.6 is 0 Å². The first kappa shape index (κ1) is 15.1. The van der Waals surface area contributed by atoms with Gasteiger partial charge in [0.15, 0.2) is 0 Å². The average Bonchev–Trinajstić information content (AvgIpc) is 2.26. The van der Waals surface area contributed by atoms with E-state index in [0.29, 0.717) is 6.61 Å². The van der Waals surface area contributed by atoms with Crippen molar-refractivity contribution in [3.8, 4) is 5.88 Å². The second-order valence-corrected chi connectivity index (χ2v) is 4.85. The van der Waals surface area contributed by atoms with E-state index >= 15 is 0 Å². The molecule has 1 N–H and O–H groups in total. The molecule has 0 aliphatic carbocycles. The highest BCUT2D eigenvalue weighted by Crippen LogP contribution is 2.32. The molecule has 0 unspecified atom stereocenters. The molecule has 0 aromatic carbocycles. The minimum Gasteiger partial charge on any atom is -0.470 e. The molecule has 106 valence electrons. The Morgan fingerprint density at radius 1 is 1.37 bits per heavy atom. The van der Waals surface area contributed by atoms with Gasteiger partial charge in [-0.3, -0.25) is 10.1 Å². The van der Waals surface area contributed by atoms with Crippen molar-refractivity contribution in [2.75, 3.05) is 25.6 Å². The normalized spacial score (nSPS) is 11.2. The van der Waals surface area contributed by atoms with E-state index in [4.69, 9.17) is 9.47 Å². The molecule has 1 aromatic rings. The van der Waals surface area contributed by atoms with Crippen LogP contribution < -0.4 is 10.1 Å². The molecule has 8 heteroatoms. The molecular weight excluding hydrogens is 252 g/mol. The van der Waals surface area contributed by atoms with Crippen LogP contribution in [0.3, 0.4) is 0 Å². The summed E-state index contributed by atoms with van der Waals surface area (Å²) in [5, 5.41) is 14.1. The summed E-state index contributed by atoms with van der Waals surface area (Å²) in [6.07, 6.45) is 1.23. The van der Waals surface area contributed by atoms with Crippen molar-refractivity contribution in [2.24, 2.45) is 0 Å². The molecule has 0 aliphatic rings. The Morgan fingerprint density at radius 2 is 2.05 bits per heavy atom. The van der Waals surface area contributed by atoms with Gasteiger partial charge in [0.05, 0.1) is 11.5 Å². The predicted molar refractivity (Wildman–Crippen MR) is 69.4 cm³/mol. The fourth-order valence-electron chi connectivity index (χ4n) is 1.30. The van der Waals surface area contributed by atoms with Crippen molar-refractivity contribution >= 4 is 11.5 Å². The van der Waals surface area contributed by atoms with Crippen LogP contribution in [0.25, 0.3) is 0 Å². The Balaban J connectivity index is 3.04. The van der Waals surface area contributed by atoms with Crippen LogP contribution in [0.5, 0.6) is 5.88 Å². The molecule has 0 bridgehead atoms. The van der Waals surface area contributed by atoms with Gasteiger partial charge in [0.25, 0.3) is 5.88 Å². The summed E-state index contributed by atoms with van der Waals surface area (Å²) in [4.78, 5) is 18.3. The van der Waals surface area contributed by atoms with E-state index < -0.39 is 4.92 Å². The summed E-state index contributed by atoms with van der Waals surface area (Å²) in [5.74, 6) is 0.0729. The molecule has 0 radical (unpaired) electrons. The smallest absolute Gasteiger partial charge is 0.372 e. The highest BCUT2D eigenvalue weighted by molar-refractivity contribution is 5.61. The number of rotatable bonds is 6. The fraction of sp³-hybridized carbons (Fsp3) is 0.636. The summed E-state index contributed by atoms with van der Waals surface area (Å²) in [6, 6.07) is 0. The van der Waals surface area contributed by atoms with Gasteiger partial charge in [0.2, 0.25) is 5.82 Å². The zero-order chi connectivity index (χ0) is 14.5. The standard InChI is InChI=1S/C11H18N4O4/c1-11(2,3)14-9-8(15(16)17)10(13-7-12-9)19-6-5-18-4/h7H,5-6H2,1-4H3,(H,12,13,14). The Hall–Kier alpha value is -1.96. The molecule has 1 heterocycles. The summed E-state index contributed by atoms with van der Waals surface area (Å²) in [5.41, 5.74) is -0.628. The molecule has 1 aromatic heterocycles. The lowest BCUT2D eigenvalue weighted by molar-refractivity contribution is -0.385. The molecular formula is C11H18N4O4. The van der Waals surface area contributed by atoms with Gasteiger partial charge in [-0.05, 0) is 20.8 Å². The SMILES string of the molecule is COCCOc1ncnc(NC(C)(C)C)c1[N+](=O)[O-]. The second-order valence-electron chi connectivity index (χ2n) is 4.85. The largest absolute Gasteiger partial charge is 0.470 e. The minimum atomic E-state index is -0.559. The van der Waals surface area contributed by atoms with Gasteiger partial charge in [-0.1, -0.05) is 0 Å². The first-order valence-electron chi connectivity index (χ1n) is 5.74. The molecule has 0 fully saturated rings. The number of hydrogen-bond acceptors (Lipinski definition) is 7. The zero-order valence-electron chi connectivity index (χ0n) is 11.5. The lowest BCUT2D eigenvalue weighted by atomic mass is 10.1. The van der Waals surface area contributed by atoms with Crippen molar-refractivity contribution < 1.29 is 14.4 Å². The van der Waals surface area contributed by atoms with Gasteiger partial charge in [0.1, 0.15) is 12.9 Å². The van der Waals surface area contributed by atoms with Crippen molar-refractivity contribution in [3.63, 3.8) is 0 Å². The number of nitrogens with zero attached hydrogens (tertiary/aromatic N) is 3. The number of aromatic nitrogens is 2. The number of ether oxygens (including phenoxy) is 2. The van der Waals surface area contributed by atoms with Crippen LogP contribution in [-0.4, -0.2) is 40.8 Å². The van der Waals surface area contributed by atoms with E-state index in [2.05, 4.69) is 15.3 Å². The van der Waals surface area contributed by atoms with Crippen molar-refractivity contribution in [1.82, 2.24) is 9.97 Å². The molecule has 8 nitrogen and oxygen atoms in total. The summed E-state index contributed by atoms with van der Waals surface area (Å²) < 4.78 is 10.1. The Labute approximate surface area is 111 Å². The van der Waals surface area contributed by atoms with Crippen LogP contribution in [0.4, 0.5) is 11.5 Å². The van der Waals surface area contributed by atoms with Crippen LogP contribution in [-0.2, 0) is 4.74 Å². The monoisotopic (exact) mass is 270 g/mol. The third-order valence-electron chi connectivity index (χ3n) is 1.99. The lowest BCUT2D eigenvalue weighted by Gasteiger charge is -2.21. The van der Waals surface area contributed by atoms with Crippen LogP contribution in [0, 0.1) is 10.1 Å². The highest BCUT2D eigenvalue weighted by Gasteiger charge is 2.26. The van der Waals surface area contributed by atoms with Gasteiger partial charge in [0, 0.05) is 12.6 Å². The highest BCUT2D eigenvalue weighted by atomic mass is 16.6. The molecule has 19 heavy (non-hydrogen) atoms. The zero-order valence-corrected chi connectivity index (χ0v) is 11.5. The van der Waals surface area contributed by atoms with Gasteiger partial charge in [-0.25, -0.2) is 4.98 Å². The van der Waals surface area contributed by atoms with Crippen molar-refractivity contribution in [3.05, 3.63) is 16.4 Å². The van der Waals surface area contributed by atoms with E-state index in [1.807, 2.05) is 20.8 Å². The molecule has 0 saturated carbocycles. The maximum Gasteiger partial charge on any atom is 0.372 e. The molecule has 0 amide bonds. The third-order valence-corrected chi connectivity index (χ3v) is 1.99. The summed E-state index contributed by atoms with van der Waals surface area (Å²) >= 11 is 0. The minimum absolute atomic E-state index is 0.0659. The molecule has 0 aliphatic heterocycles. The van der Waals surface area contributed by atoms with E-state index in [1.54, 1.807) is 0 Å². The summed E-state index contributed by atoms with van der Waals surface area (Å²) in [7, 11) is 1.52. The third kappa shape index (κ3) is 4.66. The first-order valence-corrected chi connectivity index (χ1v) is 5.74. The molecule has 0 saturated heterocycles. The van der Waals surface area contributed by atoms with Crippen molar-refractivity contribution in [2.45, 2.75) is 26.3 Å². The van der Waals surface area contributed by atoms with Gasteiger partial charge >= 0.3 is 5.69 Å². The topological polar surface area (TPSA) is 99.4 Å². The lowest BCUT2D eigenvalue weighted by Crippen LogP contribution is -2.27. The number of anilines is 1. The number of hydrogen-bond donors (Lipinski definition) is 1. The number of methoxy groups -OCH3 is 1. The van der Waals surface area contributed by atoms with Crippen LogP contribution in [0.2, 0.25) is 0 Å². The van der Waals surface area contributed by atoms with Crippen LogP contribution in [0.15, 0.2) is 6.33 Å². The van der Waals surface area contributed by atoms with Gasteiger partial charge in [-0.2, -0.15) is 4.98 Å². The van der Waals surface area contributed by atoms with Gasteiger partial charge in [-0.15, -0.1) is 0 Å². The van der Waals surface area contributed by atoms with E-state index in [0.717, 1.165) is 0 Å². The van der Waals surface area contributed by atoms with Crippen LogP contribution in [0.1, 0.15) is 20.8 Å². The van der Waals surface area contributed by atoms with Gasteiger partial charge < -0.3 is 14.8 Å². The molecule has 0 atom stereocenters. The Kier molecular flexibility index (Phi) is 4.99. The summed E-state index contributed by atoms with van der Waals surface area (Å²) in [6.45, 7) is 6.14. The average molecular weight is 270 g/mol. The predicted octanol–water partition coefficient (Wildman–Crippen LogP) is 1.62. The van der Waals surface area contributed by atoms with E-state index in [9.17, 15) is 10.1 Å². The number of nitrogens with one attached hydrogen (secondary N) is 1. The number of nitro groups is 1. The Morgan fingerprint density at radius 3 is 2.58 bits per heavy atom. The maximum absolute atomic E-state index is 11.1. The molecule has 0 spiro atoms. The van der Waals surface area contributed by atoms with E-state index in [-0.39, 0.29) is 29.5 Å². The fourth-order valence-corrected chi connectivity index (χ4v) is 1.30. The van der Waals surface area contributed by atoms with Crippen molar-refractivity contribution in [1.29, 1.82) is 0 Å². The molecule has 1 rings (SSSR count). The van der Waals surface area contributed by atoms with E-state index in [1.165, 1.54) is 13.4 Å². The second kappa shape index (κ2) is 6.28. The quantitative estimate of drug-likeness (QED) is 0.476. The Bertz CT molecular complexity index is 445. The first-order chi connectivity index (χ1) is 8.85.